The number of hydrogen-bond donors (Lipinski definition) is 0. The van der Waals surface area contributed by atoms with E-state index in [2.05, 4.69) is 0 Å². The molecule has 0 saturated heterocycles. The molecule has 0 saturated carbocycles. The lowest BCUT2D eigenvalue weighted by atomic mass is 10.1. The SMILES string of the molecule is COc1cc2cc(C=O)c(=O)n(C)c2cc1OC. The maximum absolute atomic E-state index is 11.8. The van der Waals surface area contributed by atoms with E-state index in [1.165, 1.54) is 18.8 Å². The zero-order chi connectivity index (χ0) is 13.3. The van der Waals surface area contributed by atoms with Gasteiger partial charge in [-0.15, -0.1) is 0 Å². The summed E-state index contributed by atoms with van der Waals surface area (Å²) >= 11 is 0. The molecule has 0 fully saturated rings. The van der Waals surface area contributed by atoms with Crippen LogP contribution in [0.2, 0.25) is 0 Å². The summed E-state index contributed by atoms with van der Waals surface area (Å²) in [7, 11) is 4.68. The van der Waals surface area contributed by atoms with Gasteiger partial charge in [-0.05, 0) is 12.1 Å². The van der Waals surface area contributed by atoms with Gasteiger partial charge in [0.15, 0.2) is 17.8 Å². The molecule has 0 aliphatic carbocycles. The van der Waals surface area contributed by atoms with Crippen LogP contribution in [0.5, 0.6) is 11.5 Å². The summed E-state index contributed by atoms with van der Waals surface area (Å²) in [6, 6.07) is 5.00. The Morgan fingerprint density at radius 2 is 1.72 bits per heavy atom. The standard InChI is InChI=1S/C13H13NO4/c1-14-10-6-12(18-3)11(17-2)5-8(10)4-9(7-15)13(14)16/h4-7H,1-3H3. The van der Waals surface area contributed by atoms with Crippen molar-refractivity contribution < 1.29 is 14.3 Å². The van der Waals surface area contributed by atoms with Crippen LogP contribution in [0.3, 0.4) is 0 Å². The van der Waals surface area contributed by atoms with Crippen molar-refractivity contribution in [2.45, 2.75) is 0 Å². The highest BCUT2D eigenvalue weighted by atomic mass is 16.5. The maximum Gasteiger partial charge on any atom is 0.261 e. The smallest absolute Gasteiger partial charge is 0.261 e. The molecular weight excluding hydrogens is 234 g/mol. The fraction of sp³-hybridized carbons (Fsp3) is 0.231. The molecule has 94 valence electrons. The number of ether oxygens (including phenoxy) is 2. The Morgan fingerprint density at radius 1 is 1.11 bits per heavy atom. The van der Waals surface area contributed by atoms with Crippen molar-refractivity contribution in [1.29, 1.82) is 0 Å². The van der Waals surface area contributed by atoms with Gasteiger partial charge in [-0.2, -0.15) is 0 Å². The van der Waals surface area contributed by atoms with E-state index in [0.29, 0.717) is 23.3 Å². The zero-order valence-electron chi connectivity index (χ0n) is 10.4. The van der Waals surface area contributed by atoms with Gasteiger partial charge in [-0.1, -0.05) is 0 Å². The van der Waals surface area contributed by atoms with Crippen molar-refractivity contribution in [2.24, 2.45) is 7.05 Å². The zero-order valence-corrected chi connectivity index (χ0v) is 10.4. The van der Waals surface area contributed by atoms with E-state index in [1.807, 2.05) is 0 Å². The summed E-state index contributed by atoms with van der Waals surface area (Å²) in [5, 5.41) is 0.747. The van der Waals surface area contributed by atoms with Gasteiger partial charge in [-0.3, -0.25) is 9.59 Å². The molecule has 0 aliphatic heterocycles. The van der Waals surface area contributed by atoms with E-state index in [-0.39, 0.29) is 11.1 Å². The highest BCUT2D eigenvalue weighted by molar-refractivity contribution is 5.88. The molecule has 0 atom stereocenters. The van der Waals surface area contributed by atoms with Gasteiger partial charge in [0.2, 0.25) is 0 Å². The molecule has 1 aromatic heterocycles. The first-order chi connectivity index (χ1) is 8.62. The van der Waals surface area contributed by atoms with Gasteiger partial charge in [0.25, 0.3) is 5.56 Å². The van der Waals surface area contributed by atoms with Crippen molar-refractivity contribution in [3.05, 3.63) is 34.1 Å². The second kappa shape index (κ2) is 4.52. The largest absolute Gasteiger partial charge is 0.493 e. The number of carbonyl (C=O) groups excluding carboxylic acids is 1. The number of aryl methyl sites for hydroxylation is 1. The van der Waals surface area contributed by atoms with Crippen molar-refractivity contribution >= 4 is 17.2 Å². The minimum absolute atomic E-state index is 0.122. The topological polar surface area (TPSA) is 57.5 Å². The summed E-state index contributed by atoms with van der Waals surface area (Å²) in [6.07, 6.45) is 0.554. The predicted octanol–water partition coefficient (Wildman–Crippen LogP) is 1.37. The summed E-state index contributed by atoms with van der Waals surface area (Å²) < 4.78 is 11.8. The number of aromatic nitrogens is 1. The molecule has 0 radical (unpaired) electrons. The number of pyridine rings is 1. The number of methoxy groups -OCH3 is 2. The van der Waals surface area contributed by atoms with Crippen molar-refractivity contribution in [3.63, 3.8) is 0 Å². The molecule has 0 bridgehead atoms. The molecule has 1 heterocycles. The molecule has 5 heteroatoms. The molecule has 18 heavy (non-hydrogen) atoms. The van der Waals surface area contributed by atoms with E-state index in [4.69, 9.17) is 9.47 Å². The van der Waals surface area contributed by atoms with E-state index in [1.54, 1.807) is 25.2 Å². The number of benzene rings is 1. The Balaban J connectivity index is 2.89. The first-order valence-corrected chi connectivity index (χ1v) is 5.33. The van der Waals surface area contributed by atoms with Gasteiger partial charge < -0.3 is 14.0 Å². The average molecular weight is 247 g/mol. The first kappa shape index (κ1) is 12.2. The number of hydrogen-bond acceptors (Lipinski definition) is 4. The first-order valence-electron chi connectivity index (χ1n) is 5.33. The van der Waals surface area contributed by atoms with Crippen LogP contribution in [0.4, 0.5) is 0 Å². The van der Waals surface area contributed by atoms with E-state index in [0.717, 1.165) is 5.39 Å². The molecule has 2 rings (SSSR count). The molecule has 1 aromatic carbocycles. The quantitative estimate of drug-likeness (QED) is 0.769. The van der Waals surface area contributed by atoms with Gasteiger partial charge >= 0.3 is 0 Å². The minimum Gasteiger partial charge on any atom is -0.493 e. The third-order valence-corrected chi connectivity index (χ3v) is 2.88. The number of aldehydes is 1. The van der Waals surface area contributed by atoms with Crippen molar-refractivity contribution in [3.8, 4) is 11.5 Å². The Morgan fingerprint density at radius 3 is 2.28 bits per heavy atom. The van der Waals surface area contributed by atoms with Crippen LogP contribution >= 0.6 is 0 Å². The van der Waals surface area contributed by atoms with Crippen LogP contribution in [-0.2, 0) is 7.05 Å². The van der Waals surface area contributed by atoms with Gasteiger partial charge in [-0.25, -0.2) is 0 Å². The highest BCUT2D eigenvalue weighted by Crippen LogP contribution is 2.31. The van der Waals surface area contributed by atoms with E-state index < -0.39 is 0 Å². The number of rotatable bonds is 3. The van der Waals surface area contributed by atoms with Crippen LogP contribution in [-0.4, -0.2) is 25.1 Å². The van der Waals surface area contributed by atoms with Crippen LogP contribution < -0.4 is 15.0 Å². The number of carbonyl (C=O) groups is 1. The lowest BCUT2D eigenvalue weighted by Gasteiger charge is -2.11. The Hall–Kier alpha value is -2.30. The molecule has 0 amide bonds. The van der Waals surface area contributed by atoms with Crippen LogP contribution in [0, 0.1) is 0 Å². The highest BCUT2D eigenvalue weighted by Gasteiger charge is 2.11. The molecule has 0 N–H and O–H groups in total. The lowest BCUT2D eigenvalue weighted by Crippen LogP contribution is -2.20. The Kier molecular flexibility index (Phi) is 3.06. The second-order valence-electron chi connectivity index (χ2n) is 3.85. The summed E-state index contributed by atoms with van der Waals surface area (Å²) in [5.74, 6) is 1.10. The molecule has 0 spiro atoms. The molecule has 0 aliphatic rings. The number of nitrogens with zero attached hydrogens (tertiary/aromatic N) is 1. The average Bonchev–Trinajstić information content (AvgIpc) is 2.41. The molecular formula is C13H13NO4. The van der Waals surface area contributed by atoms with Crippen LogP contribution in [0.1, 0.15) is 10.4 Å². The Bertz CT molecular complexity index is 673. The van der Waals surface area contributed by atoms with Crippen LogP contribution in [0.15, 0.2) is 23.0 Å². The molecule has 0 unspecified atom stereocenters. The third-order valence-electron chi connectivity index (χ3n) is 2.88. The van der Waals surface area contributed by atoms with Gasteiger partial charge in [0, 0.05) is 18.5 Å². The fourth-order valence-corrected chi connectivity index (χ4v) is 1.91. The van der Waals surface area contributed by atoms with Gasteiger partial charge in [0.05, 0.1) is 25.3 Å². The normalized spacial score (nSPS) is 10.4. The number of fused-ring (bicyclic) bond motifs is 1. The summed E-state index contributed by atoms with van der Waals surface area (Å²) in [5.41, 5.74) is 0.477. The van der Waals surface area contributed by atoms with Gasteiger partial charge in [0.1, 0.15) is 0 Å². The van der Waals surface area contributed by atoms with Crippen molar-refractivity contribution in [2.75, 3.05) is 14.2 Å². The van der Waals surface area contributed by atoms with E-state index >= 15 is 0 Å². The monoisotopic (exact) mass is 247 g/mol. The summed E-state index contributed by atoms with van der Waals surface area (Å²) in [4.78, 5) is 22.7. The third kappa shape index (κ3) is 1.73. The molecule has 2 aromatic rings. The summed E-state index contributed by atoms with van der Waals surface area (Å²) in [6.45, 7) is 0. The van der Waals surface area contributed by atoms with Crippen LogP contribution in [0.25, 0.3) is 10.9 Å². The predicted molar refractivity (Wildman–Crippen MR) is 67.7 cm³/mol. The Labute approximate surface area is 104 Å². The fourth-order valence-electron chi connectivity index (χ4n) is 1.91. The minimum atomic E-state index is -0.329. The van der Waals surface area contributed by atoms with Crippen molar-refractivity contribution in [1.82, 2.24) is 4.57 Å². The lowest BCUT2D eigenvalue weighted by molar-refractivity contribution is 0.112. The molecule has 5 nitrogen and oxygen atoms in total. The maximum atomic E-state index is 11.8. The van der Waals surface area contributed by atoms with E-state index in [9.17, 15) is 9.59 Å². The second-order valence-corrected chi connectivity index (χ2v) is 3.85.